The number of rotatable bonds is 2. The number of piperidine rings is 1. The second-order valence-corrected chi connectivity index (χ2v) is 6.29. The lowest BCUT2D eigenvalue weighted by atomic mass is 9.88. The molecule has 1 aromatic rings. The molecule has 0 saturated carbocycles. The Hall–Kier alpha value is -1.13. The van der Waals surface area contributed by atoms with Gasteiger partial charge in [-0.2, -0.15) is 0 Å². The summed E-state index contributed by atoms with van der Waals surface area (Å²) in [6.07, 6.45) is 4.64. The summed E-state index contributed by atoms with van der Waals surface area (Å²) >= 11 is 0. The van der Waals surface area contributed by atoms with Gasteiger partial charge in [-0.1, -0.05) is 6.07 Å². The third-order valence-electron chi connectivity index (χ3n) is 4.92. The largest absolute Gasteiger partial charge is 0.339 e. The van der Waals surface area contributed by atoms with Crippen molar-refractivity contribution in [2.45, 2.75) is 38.6 Å². The summed E-state index contributed by atoms with van der Waals surface area (Å²) in [5, 5.41) is 3.57. The molecule has 1 aromatic carbocycles. The fourth-order valence-electron chi connectivity index (χ4n) is 3.61. The molecule has 1 atom stereocenters. The summed E-state index contributed by atoms with van der Waals surface area (Å²) in [5.74, 6) is 0.323. The molecule has 22 heavy (non-hydrogen) atoms. The van der Waals surface area contributed by atoms with Crippen LogP contribution in [0.1, 0.15) is 41.6 Å². The Balaban J connectivity index is 0.00000176. The Bertz CT molecular complexity index is 523. The summed E-state index contributed by atoms with van der Waals surface area (Å²) in [6.45, 7) is 4.57. The number of likely N-dealkylation sites (tertiary alicyclic amines) is 1. The van der Waals surface area contributed by atoms with Crippen molar-refractivity contribution in [3.05, 3.63) is 35.1 Å². The number of hydrogen-bond acceptors (Lipinski definition) is 2. The van der Waals surface area contributed by atoms with E-state index in [1.165, 1.54) is 25.0 Å². The molecule has 0 bridgehead atoms. The van der Waals surface area contributed by atoms with Crippen LogP contribution in [0.25, 0.3) is 0 Å². The molecule has 2 saturated heterocycles. The molecule has 1 amide bonds. The number of nitrogens with zero attached hydrogens (tertiary/aromatic N) is 1. The van der Waals surface area contributed by atoms with Gasteiger partial charge in [0.15, 0.2) is 0 Å². The van der Waals surface area contributed by atoms with E-state index in [0.717, 1.165) is 38.0 Å². The van der Waals surface area contributed by atoms with E-state index in [4.69, 9.17) is 0 Å². The molecule has 0 spiro atoms. The van der Waals surface area contributed by atoms with E-state index in [1.54, 1.807) is 6.07 Å². The van der Waals surface area contributed by atoms with E-state index in [9.17, 15) is 9.18 Å². The lowest BCUT2D eigenvalue weighted by molar-refractivity contribution is 0.0673. The fourth-order valence-corrected chi connectivity index (χ4v) is 3.61. The van der Waals surface area contributed by atoms with Gasteiger partial charge in [0.2, 0.25) is 0 Å². The van der Waals surface area contributed by atoms with Crippen LogP contribution < -0.4 is 5.32 Å². The average molecular weight is 327 g/mol. The Labute approximate surface area is 137 Å². The zero-order valence-corrected chi connectivity index (χ0v) is 13.8. The Kier molecular flexibility index (Phi) is 5.81. The summed E-state index contributed by atoms with van der Waals surface area (Å²) in [5.41, 5.74) is 1.36. The number of hydrogen-bond donors (Lipinski definition) is 1. The SMILES string of the molecule is Cc1ccc(F)cc1C(=O)N1CCC(C2CCCN2)CC1.Cl. The van der Waals surface area contributed by atoms with Gasteiger partial charge in [0, 0.05) is 24.7 Å². The van der Waals surface area contributed by atoms with Gasteiger partial charge in [0.05, 0.1) is 0 Å². The van der Waals surface area contributed by atoms with Crippen LogP contribution in [-0.2, 0) is 0 Å². The molecule has 3 nitrogen and oxygen atoms in total. The lowest BCUT2D eigenvalue weighted by Gasteiger charge is -2.35. The van der Waals surface area contributed by atoms with E-state index in [0.29, 0.717) is 17.5 Å². The van der Waals surface area contributed by atoms with Crippen molar-refractivity contribution in [2.75, 3.05) is 19.6 Å². The third-order valence-corrected chi connectivity index (χ3v) is 4.92. The molecule has 0 aromatic heterocycles. The maximum atomic E-state index is 13.4. The summed E-state index contributed by atoms with van der Waals surface area (Å²) < 4.78 is 13.4. The predicted octanol–water partition coefficient (Wildman–Crippen LogP) is 3.16. The highest BCUT2D eigenvalue weighted by Crippen LogP contribution is 2.26. The van der Waals surface area contributed by atoms with Crippen molar-refractivity contribution >= 4 is 18.3 Å². The van der Waals surface area contributed by atoms with Gasteiger partial charge in [-0.05, 0) is 62.8 Å². The number of amides is 1. The van der Waals surface area contributed by atoms with E-state index < -0.39 is 0 Å². The van der Waals surface area contributed by atoms with Crippen LogP contribution in [0.4, 0.5) is 4.39 Å². The number of benzene rings is 1. The quantitative estimate of drug-likeness (QED) is 0.905. The standard InChI is InChI=1S/C17H23FN2O.ClH/c1-12-4-5-14(18)11-15(12)17(21)20-9-6-13(7-10-20)16-3-2-8-19-16;/h4-5,11,13,16,19H,2-3,6-10H2,1H3;1H. The van der Waals surface area contributed by atoms with Crippen molar-refractivity contribution in [1.29, 1.82) is 0 Å². The van der Waals surface area contributed by atoms with Gasteiger partial charge in [0.1, 0.15) is 5.82 Å². The van der Waals surface area contributed by atoms with Gasteiger partial charge in [-0.25, -0.2) is 4.39 Å². The minimum atomic E-state index is -0.339. The molecule has 1 unspecified atom stereocenters. The lowest BCUT2D eigenvalue weighted by Crippen LogP contribution is -2.43. The first kappa shape index (κ1) is 17.2. The van der Waals surface area contributed by atoms with Gasteiger partial charge >= 0.3 is 0 Å². The van der Waals surface area contributed by atoms with Gasteiger partial charge in [-0.3, -0.25) is 4.79 Å². The average Bonchev–Trinajstić information content (AvgIpc) is 3.03. The monoisotopic (exact) mass is 326 g/mol. The zero-order valence-electron chi connectivity index (χ0n) is 13.0. The highest BCUT2D eigenvalue weighted by atomic mass is 35.5. The van der Waals surface area contributed by atoms with E-state index in [1.807, 2.05) is 11.8 Å². The fraction of sp³-hybridized carbons (Fsp3) is 0.588. The molecule has 5 heteroatoms. The summed E-state index contributed by atoms with van der Waals surface area (Å²) in [6, 6.07) is 5.09. The molecule has 2 heterocycles. The first-order valence-electron chi connectivity index (χ1n) is 7.94. The summed E-state index contributed by atoms with van der Waals surface area (Å²) in [7, 11) is 0. The Morgan fingerprint density at radius 2 is 2.00 bits per heavy atom. The number of halogens is 2. The minimum Gasteiger partial charge on any atom is -0.339 e. The van der Waals surface area contributed by atoms with Crippen molar-refractivity contribution in [3.63, 3.8) is 0 Å². The number of aryl methyl sites for hydroxylation is 1. The van der Waals surface area contributed by atoms with E-state index in [-0.39, 0.29) is 24.1 Å². The second kappa shape index (κ2) is 7.42. The van der Waals surface area contributed by atoms with Crippen LogP contribution in [0.2, 0.25) is 0 Å². The molecule has 2 fully saturated rings. The first-order valence-corrected chi connectivity index (χ1v) is 7.94. The van der Waals surface area contributed by atoms with Crippen LogP contribution in [0.15, 0.2) is 18.2 Å². The van der Waals surface area contributed by atoms with Crippen LogP contribution in [0.5, 0.6) is 0 Å². The molecule has 0 radical (unpaired) electrons. The molecule has 2 aliphatic heterocycles. The smallest absolute Gasteiger partial charge is 0.254 e. The molecule has 2 aliphatic rings. The topological polar surface area (TPSA) is 32.3 Å². The minimum absolute atomic E-state index is 0. The maximum absolute atomic E-state index is 13.4. The maximum Gasteiger partial charge on any atom is 0.254 e. The molecule has 122 valence electrons. The number of nitrogens with one attached hydrogen (secondary N) is 1. The zero-order chi connectivity index (χ0) is 14.8. The van der Waals surface area contributed by atoms with Crippen molar-refractivity contribution < 1.29 is 9.18 Å². The van der Waals surface area contributed by atoms with Crippen molar-refractivity contribution in [3.8, 4) is 0 Å². The van der Waals surface area contributed by atoms with Crippen LogP contribution in [-0.4, -0.2) is 36.5 Å². The number of carbonyl (C=O) groups excluding carboxylic acids is 1. The Morgan fingerprint density at radius 3 is 2.64 bits per heavy atom. The molecule has 0 aliphatic carbocycles. The van der Waals surface area contributed by atoms with Crippen LogP contribution in [0, 0.1) is 18.7 Å². The molecular formula is C17H24ClFN2O. The molecule has 3 rings (SSSR count). The highest BCUT2D eigenvalue weighted by molar-refractivity contribution is 5.95. The van der Waals surface area contributed by atoms with Gasteiger partial charge < -0.3 is 10.2 Å². The van der Waals surface area contributed by atoms with Crippen LogP contribution >= 0.6 is 12.4 Å². The van der Waals surface area contributed by atoms with Crippen molar-refractivity contribution in [2.24, 2.45) is 5.92 Å². The number of carbonyl (C=O) groups is 1. The Morgan fingerprint density at radius 1 is 1.27 bits per heavy atom. The summed E-state index contributed by atoms with van der Waals surface area (Å²) in [4.78, 5) is 14.4. The predicted molar refractivity (Wildman–Crippen MR) is 88.0 cm³/mol. The third kappa shape index (κ3) is 3.61. The normalized spacial score (nSPS) is 22.5. The van der Waals surface area contributed by atoms with E-state index >= 15 is 0 Å². The highest BCUT2D eigenvalue weighted by Gasteiger charge is 2.30. The van der Waals surface area contributed by atoms with Crippen LogP contribution in [0.3, 0.4) is 0 Å². The molecular weight excluding hydrogens is 303 g/mol. The first-order chi connectivity index (χ1) is 10.1. The molecule has 1 N–H and O–H groups in total. The van der Waals surface area contributed by atoms with Crippen molar-refractivity contribution in [1.82, 2.24) is 10.2 Å². The second-order valence-electron chi connectivity index (χ2n) is 6.29. The van der Waals surface area contributed by atoms with Gasteiger partial charge in [-0.15, -0.1) is 12.4 Å². The van der Waals surface area contributed by atoms with Gasteiger partial charge in [0.25, 0.3) is 5.91 Å². The van der Waals surface area contributed by atoms with E-state index in [2.05, 4.69) is 5.32 Å².